The SMILES string of the molecule is O=C(O)CN(CC(=O)O)c1cc(C(=O)O)c(-c2c3ccc(=O)cc-3oc3cc(O)ccc23)cc1O. The molecule has 2 aliphatic rings. The van der Waals surface area contributed by atoms with Gasteiger partial charge in [0.25, 0.3) is 0 Å². The second kappa shape index (κ2) is 8.71. The molecule has 5 N–H and O–H groups in total. The smallest absolute Gasteiger partial charge is 0.336 e. The van der Waals surface area contributed by atoms with Crippen molar-refractivity contribution in [2.75, 3.05) is 18.0 Å². The number of fused-ring (bicyclic) bond motifs is 2. The molecule has 0 spiro atoms. The molecule has 11 heteroatoms. The first-order chi connectivity index (χ1) is 16.5. The van der Waals surface area contributed by atoms with Gasteiger partial charge in [0.2, 0.25) is 0 Å². The van der Waals surface area contributed by atoms with E-state index < -0.39 is 36.7 Å². The van der Waals surface area contributed by atoms with E-state index in [1.807, 2.05) is 0 Å². The van der Waals surface area contributed by atoms with Crippen LogP contribution < -0.4 is 10.3 Å². The van der Waals surface area contributed by atoms with Crippen LogP contribution in [-0.2, 0) is 9.59 Å². The van der Waals surface area contributed by atoms with Crippen molar-refractivity contribution in [3.8, 4) is 33.9 Å². The third-order valence-corrected chi connectivity index (χ3v) is 5.28. The van der Waals surface area contributed by atoms with E-state index in [1.54, 1.807) is 0 Å². The van der Waals surface area contributed by atoms with Crippen molar-refractivity contribution in [3.05, 3.63) is 64.3 Å². The maximum Gasteiger partial charge on any atom is 0.336 e. The number of benzene rings is 3. The second-order valence-electron chi connectivity index (χ2n) is 7.65. The fourth-order valence-corrected chi connectivity index (χ4v) is 3.92. The molecule has 1 aliphatic carbocycles. The molecule has 0 radical (unpaired) electrons. The minimum absolute atomic E-state index is 0.000473. The van der Waals surface area contributed by atoms with Crippen LogP contribution in [0.4, 0.5) is 5.69 Å². The van der Waals surface area contributed by atoms with Crippen molar-refractivity contribution in [2.45, 2.75) is 0 Å². The van der Waals surface area contributed by atoms with Gasteiger partial charge in [-0.1, -0.05) is 0 Å². The van der Waals surface area contributed by atoms with Gasteiger partial charge in [-0.05, 0) is 36.4 Å². The first-order valence-corrected chi connectivity index (χ1v) is 10.0. The van der Waals surface area contributed by atoms with Crippen molar-refractivity contribution in [1.82, 2.24) is 0 Å². The average molecular weight is 479 g/mol. The summed E-state index contributed by atoms with van der Waals surface area (Å²) in [6.07, 6.45) is 0. The fraction of sp³-hybridized carbons (Fsp3) is 0.0833. The molecule has 0 fully saturated rings. The summed E-state index contributed by atoms with van der Waals surface area (Å²) in [5.41, 5.74) is -0.303. The topological polar surface area (TPSA) is 186 Å². The summed E-state index contributed by atoms with van der Waals surface area (Å²) in [7, 11) is 0. The highest BCUT2D eigenvalue weighted by Crippen LogP contribution is 2.44. The van der Waals surface area contributed by atoms with E-state index in [4.69, 9.17) is 14.6 Å². The Bertz CT molecular complexity index is 1520. The summed E-state index contributed by atoms with van der Waals surface area (Å²) >= 11 is 0. The molecule has 0 amide bonds. The van der Waals surface area contributed by atoms with Gasteiger partial charge >= 0.3 is 17.9 Å². The van der Waals surface area contributed by atoms with E-state index in [2.05, 4.69) is 0 Å². The van der Waals surface area contributed by atoms with Crippen LogP contribution in [0.5, 0.6) is 11.5 Å². The zero-order valence-electron chi connectivity index (χ0n) is 17.8. The van der Waals surface area contributed by atoms with Gasteiger partial charge < -0.3 is 34.8 Å². The lowest BCUT2D eigenvalue weighted by Crippen LogP contribution is -2.34. The van der Waals surface area contributed by atoms with E-state index in [9.17, 15) is 34.5 Å². The lowest BCUT2D eigenvalue weighted by atomic mass is 9.90. The summed E-state index contributed by atoms with van der Waals surface area (Å²) in [5, 5.41) is 49.3. The van der Waals surface area contributed by atoms with Crippen LogP contribution >= 0.6 is 0 Å². The predicted octanol–water partition coefficient (Wildman–Crippen LogP) is 2.65. The maximum absolute atomic E-state index is 12.3. The number of carbonyl (C=O) groups is 3. The Balaban J connectivity index is 2.06. The summed E-state index contributed by atoms with van der Waals surface area (Å²) in [6, 6.07) is 10.1. The average Bonchev–Trinajstić information content (AvgIpc) is 2.75. The van der Waals surface area contributed by atoms with Crippen molar-refractivity contribution < 1.29 is 44.3 Å². The third kappa shape index (κ3) is 4.42. The van der Waals surface area contributed by atoms with Crippen molar-refractivity contribution in [2.24, 2.45) is 0 Å². The van der Waals surface area contributed by atoms with Crippen molar-refractivity contribution >= 4 is 34.6 Å². The largest absolute Gasteiger partial charge is 0.508 e. The molecule has 35 heavy (non-hydrogen) atoms. The normalized spacial score (nSPS) is 11.0. The lowest BCUT2D eigenvalue weighted by Gasteiger charge is -2.24. The van der Waals surface area contributed by atoms with Gasteiger partial charge in [0.05, 0.1) is 11.3 Å². The first-order valence-electron chi connectivity index (χ1n) is 10.0. The Morgan fingerprint density at radius 2 is 1.51 bits per heavy atom. The van der Waals surface area contributed by atoms with Gasteiger partial charge in [0, 0.05) is 34.2 Å². The maximum atomic E-state index is 12.3. The Labute approximate surface area is 195 Å². The van der Waals surface area contributed by atoms with Gasteiger partial charge in [-0.3, -0.25) is 14.4 Å². The van der Waals surface area contributed by atoms with Crippen LogP contribution in [-0.4, -0.2) is 56.5 Å². The number of phenolic OH excluding ortho intramolecular Hbond substituents is 2. The van der Waals surface area contributed by atoms with Gasteiger partial charge in [-0.2, -0.15) is 0 Å². The highest BCUT2D eigenvalue weighted by atomic mass is 16.4. The Hall–Kier alpha value is -5.06. The van der Waals surface area contributed by atoms with E-state index >= 15 is 0 Å². The Kier molecular flexibility index (Phi) is 5.75. The number of carboxylic acids is 3. The highest BCUT2D eigenvalue weighted by molar-refractivity contribution is 6.08. The lowest BCUT2D eigenvalue weighted by molar-refractivity contribution is -0.136. The number of hydrogen-bond acceptors (Lipinski definition) is 8. The van der Waals surface area contributed by atoms with Crippen LogP contribution in [0.15, 0.2) is 57.7 Å². The monoisotopic (exact) mass is 479 g/mol. The zero-order valence-corrected chi connectivity index (χ0v) is 17.8. The first kappa shape index (κ1) is 23.1. The van der Waals surface area contributed by atoms with Crippen molar-refractivity contribution in [1.29, 1.82) is 0 Å². The van der Waals surface area contributed by atoms with Gasteiger partial charge in [0.1, 0.15) is 35.9 Å². The number of aromatic hydroxyl groups is 2. The molecule has 0 unspecified atom stereocenters. The summed E-state index contributed by atoms with van der Waals surface area (Å²) in [6.45, 7) is -1.61. The molecule has 1 heterocycles. The van der Waals surface area contributed by atoms with Gasteiger partial charge in [-0.15, -0.1) is 0 Å². The number of rotatable bonds is 7. The van der Waals surface area contributed by atoms with E-state index in [-0.39, 0.29) is 44.9 Å². The minimum atomic E-state index is -1.44. The van der Waals surface area contributed by atoms with Crippen LogP contribution in [0.1, 0.15) is 10.4 Å². The molecular formula is C24H17NO10. The number of phenols is 2. The molecule has 178 valence electrons. The molecule has 2 aromatic rings. The summed E-state index contributed by atoms with van der Waals surface area (Å²) < 4.78 is 5.74. The van der Waals surface area contributed by atoms with Crippen LogP contribution in [0.25, 0.3) is 33.4 Å². The molecule has 0 saturated carbocycles. The summed E-state index contributed by atoms with van der Waals surface area (Å²) in [4.78, 5) is 47.5. The van der Waals surface area contributed by atoms with Crippen LogP contribution in [0.2, 0.25) is 0 Å². The Morgan fingerprint density at radius 3 is 2.14 bits per heavy atom. The molecule has 2 aromatic carbocycles. The molecule has 0 atom stereocenters. The molecule has 0 saturated heterocycles. The molecular weight excluding hydrogens is 462 g/mol. The van der Waals surface area contributed by atoms with E-state index in [1.165, 1.54) is 36.4 Å². The minimum Gasteiger partial charge on any atom is -0.508 e. The van der Waals surface area contributed by atoms with Gasteiger partial charge in [0.15, 0.2) is 5.43 Å². The molecule has 4 rings (SSSR count). The quantitative estimate of drug-likeness (QED) is 0.245. The molecule has 11 nitrogen and oxygen atoms in total. The second-order valence-corrected chi connectivity index (χ2v) is 7.65. The molecule has 0 aromatic heterocycles. The molecule has 0 bridgehead atoms. The van der Waals surface area contributed by atoms with E-state index in [0.717, 1.165) is 17.0 Å². The zero-order chi connectivity index (χ0) is 25.4. The third-order valence-electron chi connectivity index (χ3n) is 5.28. The summed E-state index contributed by atoms with van der Waals surface area (Å²) in [5.74, 6) is -4.81. The fourth-order valence-electron chi connectivity index (χ4n) is 3.92. The van der Waals surface area contributed by atoms with E-state index in [0.29, 0.717) is 10.9 Å². The van der Waals surface area contributed by atoms with Gasteiger partial charge in [-0.25, -0.2) is 4.79 Å². The Morgan fingerprint density at radius 1 is 0.829 bits per heavy atom. The number of anilines is 1. The number of carboxylic acid groups (broad SMARTS) is 3. The van der Waals surface area contributed by atoms with Crippen LogP contribution in [0.3, 0.4) is 0 Å². The number of nitrogens with zero attached hydrogens (tertiary/aromatic N) is 1. The number of aliphatic carboxylic acids is 2. The number of hydrogen-bond donors (Lipinski definition) is 5. The highest BCUT2D eigenvalue weighted by Gasteiger charge is 2.26. The van der Waals surface area contributed by atoms with Crippen LogP contribution in [0, 0.1) is 0 Å². The number of aromatic carboxylic acids is 1. The predicted molar refractivity (Wildman–Crippen MR) is 122 cm³/mol. The standard InChI is InChI=1S/C24H17NO10/c26-11-1-3-13-19(5-11)35-20-6-12(27)2-4-14(20)23(13)15-8-18(28)17(7-16(15)24(33)34)25(9-21(29)30)10-22(31)32/h1-8,26,28H,9-10H2,(H,29,30)(H,31,32)(H,33,34). The van der Waals surface area contributed by atoms with Crippen molar-refractivity contribution in [3.63, 3.8) is 0 Å². The molecule has 1 aliphatic heterocycles.